The van der Waals surface area contributed by atoms with Crippen molar-refractivity contribution in [3.63, 3.8) is 0 Å². The molecule has 0 atom stereocenters. The van der Waals surface area contributed by atoms with Crippen LogP contribution in [0, 0.1) is 0 Å². The normalized spacial score (nSPS) is 12.9. The number of thiazole rings is 1. The molecule has 0 saturated heterocycles. The SMILES string of the molecule is O=C(Nc1cc2n(n1)CCC2)c1ncsc1Nc1cccnc1. The topological polar surface area (TPSA) is 84.7 Å². The zero-order chi connectivity index (χ0) is 15.6. The first-order valence-electron chi connectivity index (χ1n) is 7.28. The number of nitrogens with zero attached hydrogens (tertiary/aromatic N) is 4. The van der Waals surface area contributed by atoms with Gasteiger partial charge in [-0.05, 0) is 25.0 Å². The summed E-state index contributed by atoms with van der Waals surface area (Å²) in [6, 6.07) is 5.63. The van der Waals surface area contributed by atoms with Gasteiger partial charge in [-0.15, -0.1) is 11.3 Å². The monoisotopic (exact) mass is 326 g/mol. The lowest BCUT2D eigenvalue weighted by atomic mass is 10.3. The van der Waals surface area contributed by atoms with Gasteiger partial charge < -0.3 is 10.6 Å². The second-order valence-corrected chi connectivity index (χ2v) is 6.05. The van der Waals surface area contributed by atoms with Gasteiger partial charge in [0.1, 0.15) is 5.00 Å². The van der Waals surface area contributed by atoms with Crippen molar-refractivity contribution in [3.8, 4) is 0 Å². The maximum atomic E-state index is 12.4. The Morgan fingerprint density at radius 1 is 1.39 bits per heavy atom. The first-order valence-corrected chi connectivity index (χ1v) is 8.16. The van der Waals surface area contributed by atoms with Crippen LogP contribution in [0.2, 0.25) is 0 Å². The van der Waals surface area contributed by atoms with E-state index in [1.807, 2.05) is 22.9 Å². The van der Waals surface area contributed by atoms with E-state index in [9.17, 15) is 4.79 Å². The third-order valence-electron chi connectivity index (χ3n) is 3.61. The second-order valence-electron chi connectivity index (χ2n) is 5.20. The molecule has 4 heterocycles. The Hall–Kier alpha value is -2.74. The summed E-state index contributed by atoms with van der Waals surface area (Å²) in [6.07, 6.45) is 5.51. The molecule has 0 spiro atoms. The Balaban J connectivity index is 1.51. The number of anilines is 3. The lowest BCUT2D eigenvalue weighted by Crippen LogP contribution is -2.14. The van der Waals surface area contributed by atoms with Crippen LogP contribution in [-0.2, 0) is 13.0 Å². The molecule has 3 aromatic heterocycles. The number of fused-ring (bicyclic) bond motifs is 1. The molecule has 2 N–H and O–H groups in total. The van der Waals surface area contributed by atoms with Crippen LogP contribution < -0.4 is 10.6 Å². The van der Waals surface area contributed by atoms with Crippen LogP contribution in [0.1, 0.15) is 22.6 Å². The van der Waals surface area contributed by atoms with Crippen molar-refractivity contribution in [1.82, 2.24) is 19.7 Å². The zero-order valence-corrected chi connectivity index (χ0v) is 13.0. The molecule has 0 unspecified atom stereocenters. The van der Waals surface area contributed by atoms with Crippen LogP contribution in [0.5, 0.6) is 0 Å². The minimum atomic E-state index is -0.269. The minimum Gasteiger partial charge on any atom is -0.344 e. The van der Waals surface area contributed by atoms with Crippen molar-refractivity contribution in [2.24, 2.45) is 0 Å². The lowest BCUT2D eigenvalue weighted by Gasteiger charge is -2.05. The molecule has 1 aliphatic heterocycles. The van der Waals surface area contributed by atoms with E-state index in [1.165, 1.54) is 11.3 Å². The molecule has 0 radical (unpaired) electrons. The predicted molar refractivity (Wildman–Crippen MR) is 88.1 cm³/mol. The standard InChI is InChI=1S/C15H14N6OS/c22-14(19-12-7-11-4-2-6-21(11)20-12)13-15(23-9-17-13)18-10-3-1-5-16-8-10/h1,3,5,7-9,18H,2,4,6H2,(H,19,20,22). The maximum Gasteiger partial charge on any atom is 0.278 e. The average molecular weight is 326 g/mol. The molecule has 1 amide bonds. The van der Waals surface area contributed by atoms with Gasteiger partial charge in [-0.25, -0.2) is 4.98 Å². The summed E-state index contributed by atoms with van der Waals surface area (Å²) in [5.74, 6) is 0.305. The highest BCUT2D eigenvalue weighted by atomic mass is 32.1. The van der Waals surface area contributed by atoms with E-state index in [1.54, 1.807) is 17.9 Å². The molecule has 1 aliphatic rings. The van der Waals surface area contributed by atoms with Gasteiger partial charge in [-0.1, -0.05) is 0 Å². The summed E-state index contributed by atoms with van der Waals surface area (Å²) in [5, 5.41) is 11.0. The van der Waals surface area contributed by atoms with Crippen molar-refractivity contribution < 1.29 is 4.79 Å². The third-order valence-corrected chi connectivity index (χ3v) is 4.35. The molecular weight excluding hydrogens is 312 g/mol. The molecule has 3 aromatic rings. The molecule has 0 fully saturated rings. The Labute approximate surface area is 136 Å². The molecule has 8 heteroatoms. The van der Waals surface area contributed by atoms with E-state index in [0.29, 0.717) is 16.5 Å². The van der Waals surface area contributed by atoms with E-state index < -0.39 is 0 Å². The van der Waals surface area contributed by atoms with Crippen LogP contribution in [0.25, 0.3) is 0 Å². The third kappa shape index (κ3) is 2.80. The summed E-state index contributed by atoms with van der Waals surface area (Å²) in [5.41, 5.74) is 3.96. The number of carbonyl (C=O) groups is 1. The maximum absolute atomic E-state index is 12.4. The van der Waals surface area contributed by atoms with E-state index in [-0.39, 0.29) is 5.91 Å². The minimum absolute atomic E-state index is 0.269. The number of amides is 1. The predicted octanol–water partition coefficient (Wildman–Crippen LogP) is 2.68. The average Bonchev–Trinajstić information content (AvgIpc) is 3.24. The van der Waals surface area contributed by atoms with Gasteiger partial charge in [0.25, 0.3) is 5.91 Å². The first-order chi connectivity index (χ1) is 11.3. The number of rotatable bonds is 4. The van der Waals surface area contributed by atoms with Gasteiger partial charge in [-0.3, -0.25) is 14.5 Å². The number of hydrogen-bond donors (Lipinski definition) is 2. The highest BCUT2D eigenvalue weighted by Crippen LogP contribution is 2.25. The molecule has 0 bridgehead atoms. The molecule has 7 nitrogen and oxygen atoms in total. The van der Waals surface area contributed by atoms with Crippen LogP contribution in [-0.4, -0.2) is 25.7 Å². The van der Waals surface area contributed by atoms with Crippen molar-refractivity contribution in [2.75, 3.05) is 10.6 Å². The number of nitrogens with one attached hydrogen (secondary N) is 2. The Morgan fingerprint density at radius 3 is 3.17 bits per heavy atom. The molecule has 4 rings (SSSR count). The van der Waals surface area contributed by atoms with E-state index >= 15 is 0 Å². The van der Waals surface area contributed by atoms with Gasteiger partial charge in [-0.2, -0.15) is 5.10 Å². The smallest absolute Gasteiger partial charge is 0.278 e. The Morgan fingerprint density at radius 2 is 2.35 bits per heavy atom. The van der Waals surface area contributed by atoms with E-state index in [0.717, 1.165) is 30.8 Å². The number of pyridine rings is 1. The summed E-state index contributed by atoms with van der Waals surface area (Å²) >= 11 is 1.37. The Kier molecular flexibility index (Phi) is 3.51. The number of hydrogen-bond acceptors (Lipinski definition) is 6. The molecular formula is C15H14N6OS. The van der Waals surface area contributed by atoms with Gasteiger partial charge in [0.2, 0.25) is 0 Å². The fourth-order valence-electron chi connectivity index (χ4n) is 2.56. The van der Waals surface area contributed by atoms with Crippen LogP contribution in [0.15, 0.2) is 36.1 Å². The van der Waals surface area contributed by atoms with Crippen LogP contribution >= 0.6 is 11.3 Å². The lowest BCUT2D eigenvalue weighted by molar-refractivity contribution is 0.102. The molecule has 0 aromatic carbocycles. The van der Waals surface area contributed by atoms with E-state index in [2.05, 4.69) is 25.7 Å². The number of carbonyl (C=O) groups excluding carboxylic acids is 1. The fourth-order valence-corrected chi connectivity index (χ4v) is 3.26. The summed E-state index contributed by atoms with van der Waals surface area (Å²) in [7, 11) is 0. The zero-order valence-electron chi connectivity index (χ0n) is 12.2. The summed E-state index contributed by atoms with van der Waals surface area (Å²) in [6.45, 7) is 0.912. The summed E-state index contributed by atoms with van der Waals surface area (Å²) < 4.78 is 1.94. The number of aromatic nitrogens is 4. The van der Waals surface area contributed by atoms with Crippen molar-refractivity contribution >= 4 is 33.8 Å². The molecule has 0 aliphatic carbocycles. The number of aryl methyl sites for hydroxylation is 2. The molecule has 23 heavy (non-hydrogen) atoms. The van der Waals surface area contributed by atoms with Gasteiger partial charge >= 0.3 is 0 Å². The Bertz CT molecular complexity index is 819. The van der Waals surface area contributed by atoms with Gasteiger partial charge in [0.05, 0.1) is 17.4 Å². The van der Waals surface area contributed by atoms with Gasteiger partial charge in [0, 0.05) is 24.5 Å². The molecule has 0 saturated carbocycles. The largest absolute Gasteiger partial charge is 0.344 e. The van der Waals surface area contributed by atoms with Crippen molar-refractivity contribution in [1.29, 1.82) is 0 Å². The highest BCUT2D eigenvalue weighted by Gasteiger charge is 2.19. The quantitative estimate of drug-likeness (QED) is 0.770. The van der Waals surface area contributed by atoms with Gasteiger partial charge in [0.15, 0.2) is 11.5 Å². The highest BCUT2D eigenvalue weighted by molar-refractivity contribution is 7.14. The molecule has 116 valence electrons. The van der Waals surface area contributed by atoms with Crippen LogP contribution in [0.4, 0.5) is 16.5 Å². The van der Waals surface area contributed by atoms with Crippen LogP contribution in [0.3, 0.4) is 0 Å². The van der Waals surface area contributed by atoms with Crippen molar-refractivity contribution in [2.45, 2.75) is 19.4 Å². The first kappa shape index (κ1) is 13.9. The fraction of sp³-hybridized carbons (Fsp3) is 0.200. The second kappa shape index (κ2) is 5.81. The summed E-state index contributed by atoms with van der Waals surface area (Å²) in [4.78, 5) is 20.6. The van der Waals surface area contributed by atoms with Crippen molar-refractivity contribution in [3.05, 3.63) is 47.5 Å². The van der Waals surface area contributed by atoms with E-state index in [4.69, 9.17) is 0 Å².